The Morgan fingerprint density at radius 2 is 2.00 bits per heavy atom. The second kappa shape index (κ2) is 11.7. The molecule has 2 N–H and O–H groups in total. The lowest BCUT2D eigenvalue weighted by Gasteiger charge is -2.49. The van der Waals surface area contributed by atoms with Crippen molar-refractivity contribution in [1.29, 1.82) is 0 Å². The summed E-state index contributed by atoms with van der Waals surface area (Å²) in [6.45, 7) is 3.32. The van der Waals surface area contributed by atoms with Crippen LogP contribution in [0.3, 0.4) is 0 Å². The molecule has 10 heteroatoms. The molecule has 2 fully saturated rings. The van der Waals surface area contributed by atoms with Gasteiger partial charge in [-0.2, -0.15) is 0 Å². The van der Waals surface area contributed by atoms with Crippen LogP contribution in [-0.4, -0.2) is 56.6 Å². The van der Waals surface area contributed by atoms with Gasteiger partial charge < -0.3 is 19.5 Å². The van der Waals surface area contributed by atoms with Crippen LogP contribution in [-0.2, 0) is 27.8 Å². The summed E-state index contributed by atoms with van der Waals surface area (Å²) in [7, 11) is -2.29. The number of hydrogen-bond donors (Lipinski definition) is 2. The number of nitrogens with one attached hydrogen (secondary N) is 1. The number of rotatable bonds is 2. The van der Waals surface area contributed by atoms with E-state index in [1.165, 1.54) is 5.56 Å². The van der Waals surface area contributed by atoms with Gasteiger partial charge >= 0.3 is 0 Å². The number of sulfonamides is 1. The Bertz CT molecular complexity index is 1520. The minimum atomic E-state index is -3.93. The number of halogens is 1. The molecular weight excluding hydrogens is 588 g/mol. The van der Waals surface area contributed by atoms with Crippen molar-refractivity contribution < 1.29 is 27.8 Å². The summed E-state index contributed by atoms with van der Waals surface area (Å²) >= 11 is 6.32. The number of aliphatic hydroxyl groups excluding tert-OH is 1. The fourth-order valence-electron chi connectivity index (χ4n) is 7.19. The Hall–Kier alpha value is -2.59. The fourth-order valence-corrected chi connectivity index (χ4v) is 8.94. The van der Waals surface area contributed by atoms with Gasteiger partial charge in [0, 0.05) is 30.8 Å². The van der Waals surface area contributed by atoms with E-state index in [9.17, 15) is 18.3 Å². The first-order valence-electron chi connectivity index (χ1n) is 15.3. The zero-order valence-corrected chi connectivity index (χ0v) is 26.4. The molecule has 0 spiro atoms. The number of carbonyl (C=O) groups is 1. The zero-order valence-electron chi connectivity index (χ0n) is 24.9. The molecule has 5 atom stereocenters. The van der Waals surface area contributed by atoms with Gasteiger partial charge in [0.15, 0.2) is 0 Å². The minimum Gasteiger partial charge on any atom is -0.487 e. The Morgan fingerprint density at radius 3 is 2.74 bits per heavy atom. The summed E-state index contributed by atoms with van der Waals surface area (Å²) in [4.78, 5) is 15.7. The van der Waals surface area contributed by atoms with Crippen LogP contribution in [0, 0.1) is 17.8 Å². The van der Waals surface area contributed by atoms with Crippen LogP contribution in [0.5, 0.6) is 5.75 Å². The van der Waals surface area contributed by atoms with Crippen molar-refractivity contribution >= 4 is 33.2 Å². The molecule has 2 aliphatic carbocycles. The van der Waals surface area contributed by atoms with Crippen LogP contribution in [0.15, 0.2) is 48.6 Å². The van der Waals surface area contributed by atoms with Crippen LogP contribution < -0.4 is 14.4 Å². The fraction of sp³-hybridized carbons (Fsp3) is 0.545. The largest absolute Gasteiger partial charge is 0.487 e. The van der Waals surface area contributed by atoms with Gasteiger partial charge in [0.1, 0.15) is 18.0 Å². The Kier molecular flexibility index (Phi) is 8.30. The van der Waals surface area contributed by atoms with E-state index in [4.69, 9.17) is 21.1 Å². The van der Waals surface area contributed by atoms with Crippen LogP contribution in [0.1, 0.15) is 66.9 Å². The first kappa shape index (κ1) is 30.4. The molecule has 0 aromatic heterocycles. The molecule has 0 unspecified atom stereocenters. The number of amides is 1. The van der Waals surface area contributed by atoms with Gasteiger partial charge in [-0.15, -0.1) is 0 Å². The molecule has 0 saturated heterocycles. The SMILES string of the molecule is CO[C@@]1(CO)/C=C/C[C@@H]2C[C@@]2(C)S(=O)(=O)NC(=O)c2ccc3c(c2)N(CCCCc2cc(Cl)ccc2CO3)C[C@@H]2CC[C@H]21. The van der Waals surface area contributed by atoms with Gasteiger partial charge in [-0.1, -0.05) is 29.8 Å². The third kappa shape index (κ3) is 5.70. The number of hydrogen-bond acceptors (Lipinski definition) is 7. The monoisotopic (exact) mass is 628 g/mol. The number of carbonyl (C=O) groups excluding carboxylic acids is 1. The summed E-state index contributed by atoms with van der Waals surface area (Å²) in [6.07, 6.45) is 9.56. The second-order valence-electron chi connectivity index (χ2n) is 12.8. The number of benzene rings is 2. The van der Waals surface area contributed by atoms with Crippen LogP contribution in [0.4, 0.5) is 5.69 Å². The highest BCUT2D eigenvalue weighted by atomic mass is 35.5. The van der Waals surface area contributed by atoms with Gasteiger partial charge in [0.05, 0.1) is 17.0 Å². The molecule has 1 amide bonds. The average Bonchev–Trinajstić information content (AvgIpc) is 3.66. The molecule has 2 heterocycles. The summed E-state index contributed by atoms with van der Waals surface area (Å²) in [5.41, 5.74) is 2.43. The molecule has 43 heavy (non-hydrogen) atoms. The molecule has 2 bridgehead atoms. The van der Waals surface area contributed by atoms with E-state index in [1.54, 1.807) is 32.2 Å². The minimum absolute atomic E-state index is 0.0985. The van der Waals surface area contributed by atoms with E-state index >= 15 is 0 Å². The lowest BCUT2D eigenvalue weighted by Crippen LogP contribution is -2.53. The van der Waals surface area contributed by atoms with Gasteiger partial charge in [0.2, 0.25) is 10.0 Å². The Labute approximate surface area is 259 Å². The number of methoxy groups -OCH3 is 1. The lowest BCUT2D eigenvalue weighted by molar-refractivity contribution is -0.103. The van der Waals surface area contributed by atoms with E-state index in [0.29, 0.717) is 36.8 Å². The number of ether oxygens (including phenoxy) is 2. The summed E-state index contributed by atoms with van der Waals surface area (Å²) in [5.74, 6) is 0.228. The van der Waals surface area contributed by atoms with Crippen molar-refractivity contribution in [1.82, 2.24) is 4.72 Å². The molecule has 2 aliphatic heterocycles. The number of fused-ring (bicyclic) bond motifs is 4. The van der Waals surface area contributed by atoms with Crippen LogP contribution in [0.25, 0.3) is 0 Å². The summed E-state index contributed by atoms with van der Waals surface area (Å²) in [6, 6.07) is 11.1. The Morgan fingerprint density at radius 1 is 1.16 bits per heavy atom. The van der Waals surface area contributed by atoms with Crippen molar-refractivity contribution in [2.75, 3.05) is 31.7 Å². The van der Waals surface area contributed by atoms with Gasteiger partial charge in [-0.05, 0) is 111 Å². The topological polar surface area (TPSA) is 105 Å². The van der Waals surface area contributed by atoms with E-state index < -0.39 is 26.3 Å². The molecule has 2 saturated carbocycles. The van der Waals surface area contributed by atoms with Crippen molar-refractivity contribution in [3.05, 3.63) is 70.3 Å². The first-order valence-corrected chi connectivity index (χ1v) is 17.1. The summed E-state index contributed by atoms with van der Waals surface area (Å²) in [5, 5.41) is 11.3. The zero-order chi connectivity index (χ0) is 30.4. The number of aliphatic hydroxyl groups is 1. The van der Waals surface area contributed by atoms with Gasteiger partial charge in [-0.25, -0.2) is 13.1 Å². The highest BCUT2D eigenvalue weighted by molar-refractivity contribution is 7.91. The van der Waals surface area contributed by atoms with E-state index in [0.717, 1.165) is 49.9 Å². The molecule has 232 valence electrons. The molecule has 8 nitrogen and oxygen atoms in total. The standard InChI is InChI=1S/C33H41ClN2O6S/c1-32-18-26(32)7-5-14-33(21-37,41-2)28-12-9-24(28)19-36-15-4-3-6-22-16-27(34)11-8-25(22)20-42-30-13-10-23(17-29(30)36)31(38)35-43(32,39)40/h5,8,10-11,13-14,16-17,24,26,28,37H,3-4,6-7,9,12,15,18-21H2,1-2H3,(H,35,38)/b14-5+/t24-,26+,28+,32+,33+/m0/s1. The first-order chi connectivity index (χ1) is 20.6. The maximum Gasteiger partial charge on any atom is 0.264 e. The number of aryl methyl sites for hydroxylation is 1. The van der Waals surface area contributed by atoms with Crippen molar-refractivity contribution in [3.8, 4) is 5.75 Å². The van der Waals surface area contributed by atoms with Crippen molar-refractivity contribution in [2.45, 2.75) is 68.8 Å². The predicted octanol–water partition coefficient (Wildman–Crippen LogP) is 5.26. The van der Waals surface area contributed by atoms with E-state index in [2.05, 4.69) is 9.62 Å². The smallest absolute Gasteiger partial charge is 0.264 e. The lowest BCUT2D eigenvalue weighted by atomic mass is 9.64. The highest BCUT2D eigenvalue weighted by Gasteiger charge is 2.60. The molecule has 4 aliphatic rings. The maximum atomic E-state index is 13.4. The maximum absolute atomic E-state index is 13.4. The van der Waals surface area contributed by atoms with Gasteiger partial charge in [-0.3, -0.25) is 4.79 Å². The number of anilines is 1. The van der Waals surface area contributed by atoms with Crippen LogP contribution >= 0.6 is 11.6 Å². The molecule has 2 aromatic carbocycles. The second-order valence-corrected chi connectivity index (χ2v) is 15.4. The molecule has 0 radical (unpaired) electrons. The van der Waals surface area contributed by atoms with Crippen molar-refractivity contribution in [3.63, 3.8) is 0 Å². The van der Waals surface area contributed by atoms with Gasteiger partial charge in [0.25, 0.3) is 5.91 Å². The van der Waals surface area contributed by atoms with Crippen LogP contribution in [0.2, 0.25) is 5.02 Å². The molecular formula is C33H41ClN2O6S. The third-order valence-electron chi connectivity index (χ3n) is 10.4. The van der Waals surface area contributed by atoms with E-state index in [-0.39, 0.29) is 29.9 Å². The summed E-state index contributed by atoms with van der Waals surface area (Å²) < 4.78 is 40.6. The average molecular weight is 629 g/mol. The third-order valence-corrected chi connectivity index (χ3v) is 12.8. The highest BCUT2D eigenvalue weighted by Crippen LogP contribution is 2.52. The number of nitrogens with zero attached hydrogens (tertiary/aromatic N) is 1. The van der Waals surface area contributed by atoms with E-state index in [1.807, 2.05) is 30.4 Å². The normalized spacial score (nSPS) is 32.8. The van der Waals surface area contributed by atoms with Crippen molar-refractivity contribution in [2.24, 2.45) is 17.8 Å². The quantitative estimate of drug-likeness (QED) is 0.437. The Balaban J connectivity index is 1.41. The predicted molar refractivity (Wildman–Crippen MR) is 167 cm³/mol. The molecule has 6 rings (SSSR count). The number of allylic oxidation sites excluding steroid dienone is 1. The molecule has 2 aromatic rings.